The van der Waals surface area contributed by atoms with Crippen LogP contribution in [0.4, 0.5) is 0 Å². The van der Waals surface area contributed by atoms with Crippen molar-refractivity contribution in [3.05, 3.63) is 0 Å². The standard InChI is InChI=1S/C12H26N2O/c1-5-6-12(9-15-4)14-8-10(2)13-7-11(14)3/h10-13H,5-9H2,1-4H3. The van der Waals surface area contributed by atoms with Crippen molar-refractivity contribution >= 4 is 0 Å². The Balaban J connectivity index is 2.54. The van der Waals surface area contributed by atoms with E-state index >= 15 is 0 Å². The van der Waals surface area contributed by atoms with E-state index in [0.717, 1.165) is 19.7 Å². The predicted octanol–water partition coefficient (Wildman–Crippen LogP) is 1.48. The lowest BCUT2D eigenvalue weighted by atomic mass is 10.0. The van der Waals surface area contributed by atoms with Gasteiger partial charge in [-0.2, -0.15) is 0 Å². The van der Waals surface area contributed by atoms with E-state index in [0.29, 0.717) is 18.1 Å². The first-order valence-corrected chi connectivity index (χ1v) is 6.17. The third-order valence-corrected chi connectivity index (χ3v) is 3.26. The van der Waals surface area contributed by atoms with E-state index in [1.54, 1.807) is 7.11 Å². The van der Waals surface area contributed by atoms with E-state index in [1.807, 2.05) is 0 Å². The molecule has 3 atom stereocenters. The summed E-state index contributed by atoms with van der Waals surface area (Å²) in [5, 5.41) is 3.52. The maximum Gasteiger partial charge on any atom is 0.0618 e. The third-order valence-electron chi connectivity index (χ3n) is 3.26. The quantitative estimate of drug-likeness (QED) is 0.750. The molecule has 0 bridgehead atoms. The molecular formula is C12H26N2O. The molecule has 3 nitrogen and oxygen atoms in total. The van der Waals surface area contributed by atoms with Crippen LogP contribution < -0.4 is 5.32 Å². The summed E-state index contributed by atoms with van der Waals surface area (Å²) in [6.45, 7) is 9.93. The zero-order chi connectivity index (χ0) is 11.3. The van der Waals surface area contributed by atoms with Gasteiger partial charge in [-0.1, -0.05) is 13.3 Å². The van der Waals surface area contributed by atoms with Gasteiger partial charge in [0.1, 0.15) is 0 Å². The van der Waals surface area contributed by atoms with E-state index in [2.05, 4.69) is 31.0 Å². The zero-order valence-electron chi connectivity index (χ0n) is 10.6. The van der Waals surface area contributed by atoms with Gasteiger partial charge in [-0.05, 0) is 20.3 Å². The smallest absolute Gasteiger partial charge is 0.0618 e. The lowest BCUT2D eigenvalue weighted by molar-refractivity contribution is 0.0371. The van der Waals surface area contributed by atoms with Crippen molar-refractivity contribution < 1.29 is 4.74 Å². The number of hydrogen-bond donors (Lipinski definition) is 1. The summed E-state index contributed by atoms with van der Waals surface area (Å²) < 4.78 is 5.33. The average molecular weight is 214 g/mol. The maximum atomic E-state index is 5.33. The summed E-state index contributed by atoms with van der Waals surface area (Å²) in [7, 11) is 1.80. The van der Waals surface area contributed by atoms with Crippen LogP contribution in [0.1, 0.15) is 33.6 Å². The largest absolute Gasteiger partial charge is 0.383 e. The number of rotatable bonds is 5. The highest BCUT2D eigenvalue weighted by Crippen LogP contribution is 2.15. The molecule has 1 saturated heterocycles. The number of hydrogen-bond acceptors (Lipinski definition) is 3. The molecule has 1 heterocycles. The molecule has 0 aromatic rings. The Hall–Kier alpha value is -0.120. The fourth-order valence-corrected chi connectivity index (χ4v) is 2.43. The fourth-order valence-electron chi connectivity index (χ4n) is 2.43. The van der Waals surface area contributed by atoms with E-state index < -0.39 is 0 Å². The first-order valence-electron chi connectivity index (χ1n) is 6.17. The lowest BCUT2D eigenvalue weighted by Gasteiger charge is -2.42. The average Bonchev–Trinajstić information content (AvgIpc) is 2.21. The first kappa shape index (κ1) is 12.9. The van der Waals surface area contributed by atoms with Crippen molar-refractivity contribution in [1.29, 1.82) is 0 Å². The highest BCUT2D eigenvalue weighted by atomic mass is 16.5. The van der Waals surface area contributed by atoms with Gasteiger partial charge in [0.15, 0.2) is 0 Å². The number of nitrogens with one attached hydrogen (secondary N) is 1. The molecule has 0 aromatic heterocycles. The fraction of sp³-hybridized carbons (Fsp3) is 1.00. The van der Waals surface area contributed by atoms with E-state index in [4.69, 9.17) is 4.74 Å². The molecule has 15 heavy (non-hydrogen) atoms. The van der Waals surface area contributed by atoms with Crippen LogP contribution in [0.25, 0.3) is 0 Å². The Bertz CT molecular complexity index is 169. The molecule has 1 fully saturated rings. The molecule has 0 radical (unpaired) electrons. The van der Waals surface area contributed by atoms with Gasteiger partial charge in [0.25, 0.3) is 0 Å². The van der Waals surface area contributed by atoms with Gasteiger partial charge >= 0.3 is 0 Å². The van der Waals surface area contributed by atoms with Crippen molar-refractivity contribution in [3.63, 3.8) is 0 Å². The molecular weight excluding hydrogens is 188 g/mol. The Morgan fingerprint density at radius 3 is 2.80 bits per heavy atom. The minimum Gasteiger partial charge on any atom is -0.383 e. The van der Waals surface area contributed by atoms with Crippen molar-refractivity contribution in [2.75, 3.05) is 26.8 Å². The molecule has 3 unspecified atom stereocenters. The minimum atomic E-state index is 0.597. The summed E-state index contributed by atoms with van der Waals surface area (Å²) in [6, 6.07) is 1.84. The summed E-state index contributed by atoms with van der Waals surface area (Å²) in [5.74, 6) is 0. The second-order valence-corrected chi connectivity index (χ2v) is 4.75. The molecule has 0 spiro atoms. The Morgan fingerprint density at radius 1 is 1.47 bits per heavy atom. The van der Waals surface area contributed by atoms with Crippen LogP contribution in [0.15, 0.2) is 0 Å². The number of piperazine rings is 1. The predicted molar refractivity (Wildman–Crippen MR) is 64.2 cm³/mol. The monoisotopic (exact) mass is 214 g/mol. The van der Waals surface area contributed by atoms with Crippen LogP contribution in [-0.2, 0) is 4.74 Å². The van der Waals surface area contributed by atoms with Crippen molar-refractivity contribution in [2.24, 2.45) is 0 Å². The number of methoxy groups -OCH3 is 1. The van der Waals surface area contributed by atoms with E-state index in [-0.39, 0.29) is 0 Å². The van der Waals surface area contributed by atoms with Gasteiger partial charge < -0.3 is 10.1 Å². The SMILES string of the molecule is CCCC(COC)N1CC(C)NCC1C. The van der Waals surface area contributed by atoms with Crippen LogP contribution in [-0.4, -0.2) is 49.8 Å². The molecule has 0 aliphatic carbocycles. The summed E-state index contributed by atoms with van der Waals surface area (Å²) in [6.07, 6.45) is 2.48. The Labute approximate surface area is 94.2 Å². The van der Waals surface area contributed by atoms with Gasteiger partial charge in [0, 0.05) is 38.3 Å². The Morgan fingerprint density at radius 2 is 2.20 bits per heavy atom. The normalized spacial score (nSPS) is 30.4. The summed E-state index contributed by atoms with van der Waals surface area (Å²) in [5.41, 5.74) is 0. The van der Waals surface area contributed by atoms with Crippen molar-refractivity contribution in [3.8, 4) is 0 Å². The third kappa shape index (κ3) is 3.74. The zero-order valence-corrected chi connectivity index (χ0v) is 10.6. The van der Waals surface area contributed by atoms with Gasteiger partial charge in [-0.15, -0.1) is 0 Å². The minimum absolute atomic E-state index is 0.597. The maximum absolute atomic E-state index is 5.33. The van der Waals surface area contributed by atoms with Gasteiger partial charge in [0.2, 0.25) is 0 Å². The highest BCUT2D eigenvalue weighted by molar-refractivity contribution is 4.86. The molecule has 1 aliphatic rings. The van der Waals surface area contributed by atoms with Crippen LogP contribution in [0.2, 0.25) is 0 Å². The topological polar surface area (TPSA) is 24.5 Å². The molecule has 3 heteroatoms. The molecule has 0 amide bonds. The first-order chi connectivity index (χ1) is 7.19. The van der Waals surface area contributed by atoms with Crippen LogP contribution >= 0.6 is 0 Å². The highest BCUT2D eigenvalue weighted by Gasteiger charge is 2.27. The van der Waals surface area contributed by atoms with Crippen LogP contribution in [0.3, 0.4) is 0 Å². The molecule has 90 valence electrons. The molecule has 1 rings (SSSR count). The van der Waals surface area contributed by atoms with Crippen molar-refractivity contribution in [2.45, 2.75) is 51.7 Å². The lowest BCUT2D eigenvalue weighted by Crippen LogP contribution is -2.58. The molecule has 1 aliphatic heterocycles. The second kappa shape index (κ2) is 6.46. The van der Waals surface area contributed by atoms with Gasteiger partial charge in [-0.25, -0.2) is 0 Å². The van der Waals surface area contributed by atoms with Crippen LogP contribution in [0.5, 0.6) is 0 Å². The van der Waals surface area contributed by atoms with Gasteiger partial charge in [0.05, 0.1) is 6.61 Å². The Kier molecular flexibility index (Phi) is 5.58. The number of ether oxygens (including phenoxy) is 1. The molecule has 0 aromatic carbocycles. The molecule has 1 N–H and O–H groups in total. The summed E-state index contributed by atoms with van der Waals surface area (Å²) >= 11 is 0. The van der Waals surface area contributed by atoms with Crippen LogP contribution in [0, 0.1) is 0 Å². The van der Waals surface area contributed by atoms with Gasteiger partial charge in [-0.3, -0.25) is 4.90 Å². The van der Waals surface area contributed by atoms with Crippen molar-refractivity contribution in [1.82, 2.24) is 10.2 Å². The van der Waals surface area contributed by atoms with E-state index in [9.17, 15) is 0 Å². The number of nitrogens with zero attached hydrogens (tertiary/aromatic N) is 1. The summed E-state index contributed by atoms with van der Waals surface area (Å²) in [4.78, 5) is 2.61. The van der Waals surface area contributed by atoms with E-state index in [1.165, 1.54) is 12.8 Å². The second-order valence-electron chi connectivity index (χ2n) is 4.75. The molecule has 0 saturated carbocycles.